The van der Waals surface area contributed by atoms with Crippen molar-refractivity contribution in [3.05, 3.63) is 70.4 Å². The van der Waals surface area contributed by atoms with Crippen molar-refractivity contribution in [1.29, 1.82) is 10.5 Å². The standard InChI is InChI=1S/C30H26F5N9/c1-15-20(4-5-22(31)40-15)25(26-27(32)44(43-42-26)29-8-16(9-29)10-29)41-19-6-17(11-36)23-21(7-19)24(18(12-37)13-38-23)39-14-28(2,3)30(33,34)35/h4-7,13,16,25,41H,8-10,14H2,1-3H3,(H,38,39). The van der Waals surface area contributed by atoms with E-state index in [0.717, 1.165) is 39.2 Å². The highest BCUT2D eigenvalue weighted by Gasteiger charge is 2.60. The smallest absolute Gasteiger partial charge is 0.382 e. The third-order valence-corrected chi connectivity index (χ3v) is 8.77. The Hall–Kier alpha value is -4.85. The van der Waals surface area contributed by atoms with Gasteiger partial charge >= 0.3 is 6.18 Å². The van der Waals surface area contributed by atoms with Gasteiger partial charge in [0.15, 0.2) is 0 Å². The lowest BCUT2D eigenvalue weighted by Gasteiger charge is -2.60. The van der Waals surface area contributed by atoms with E-state index in [4.69, 9.17) is 0 Å². The minimum Gasteiger partial charge on any atom is -0.382 e. The van der Waals surface area contributed by atoms with Gasteiger partial charge in [0.05, 0.1) is 33.3 Å². The number of rotatable bonds is 8. The van der Waals surface area contributed by atoms with Crippen LogP contribution in [0, 0.1) is 52.8 Å². The van der Waals surface area contributed by atoms with E-state index in [0.29, 0.717) is 11.5 Å². The van der Waals surface area contributed by atoms with Crippen LogP contribution in [0.5, 0.6) is 0 Å². The summed E-state index contributed by atoms with van der Waals surface area (Å²) in [5, 5.41) is 34.1. The molecule has 9 nitrogen and oxygen atoms in total. The van der Waals surface area contributed by atoms with E-state index in [-0.39, 0.29) is 44.8 Å². The molecule has 1 aromatic carbocycles. The zero-order valence-corrected chi connectivity index (χ0v) is 23.9. The number of aryl methyl sites for hydroxylation is 1. The molecule has 3 aromatic heterocycles. The van der Waals surface area contributed by atoms with Crippen LogP contribution in [-0.2, 0) is 5.54 Å². The molecule has 0 radical (unpaired) electrons. The summed E-state index contributed by atoms with van der Waals surface area (Å²) in [5.74, 6) is -0.832. The van der Waals surface area contributed by atoms with Gasteiger partial charge in [-0.05, 0) is 64.2 Å². The molecule has 3 aliphatic carbocycles. The summed E-state index contributed by atoms with van der Waals surface area (Å²) >= 11 is 0. The summed E-state index contributed by atoms with van der Waals surface area (Å²) in [5.41, 5.74) is -1.48. The van der Waals surface area contributed by atoms with E-state index >= 15 is 4.39 Å². The number of hydrogen-bond acceptors (Lipinski definition) is 8. The van der Waals surface area contributed by atoms with Crippen molar-refractivity contribution >= 4 is 22.3 Å². The van der Waals surface area contributed by atoms with Gasteiger partial charge in [-0.3, -0.25) is 4.98 Å². The van der Waals surface area contributed by atoms with Crippen molar-refractivity contribution in [1.82, 2.24) is 25.0 Å². The number of pyridine rings is 2. The van der Waals surface area contributed by atoms with Crippen LogP contribution in [0.4, 0.5) is 33.3 Å². The highest BCUT2D eigenvalue weighted by Crippen LogP contribution is 2.62. The van der Waals surface area contributed by atoms with Gasteiger partial charge in [-0.25, -0.2) is 9.67 Å². The second-order valence-corrected chi connectivity index (χ2v) is 12.2. The lowest BCUT2D eigenvalue weighted by atomic mass is 9.50. The Kier molecular flexibility index (Phi) is 6.72. The van der Waals surface area contributed by atoms with Crippen molar-refractivity contribution in [3.63, 3.8) is 0 Å². The maximum atomic E-state index is 16.0. The van der Waals surface area contributed by atoms with Crippen LogP contribution in [0.25, 0.3) is 10.9 Å². The third-order valence-electron chi connectivity index (χ3n) is 8.77. The molecule has 3 aliphatic rings. The first kappa shape index (κ1) is 29.2. The zero-order chi connectivity index (χ0) is 31.6. The van der Waals surface area contributed by atoms with E-state index in [1.165, 1.54) is 29.1 Å². The predicted octanol–water partition coefficient (Wildman–Crippen LogP) is 6.26. The molecule has 44 heavy (non-hydrogen) atoms. The van der Waals surface area contributed by atoms with Crippen LogP contribution in [-0.4, -0.2) is 37.7 Å². The summed E-state index contributed by atoms with van der Waals surface area (Å²) in [6.07, 6.45) is -0.905. The Balaban J connectivity index is 1.46. The highest BCUT2D eigenvalue weighted by molar-refractivity contribution is 5.99. The molecular weight excluding hydrogens is 581 g/mol. The number of nitriles is 2. The molecule has 0 amide bonds. The Bertz CT molecular complexity index is 1870. The largest absolute Gasteiger partial charge is 0.395 e. The number of fused-ring (bicyclic) bond motifs is 1. The van der Waals surface area contributed by atoms with Gasteiger partial charge in [-0.2, -0.15) is 32.5 Å². The van der Waals surface area contributed by atoms with Crippen molar-refractivity contribution in [3.8, 4) is 12.1 Å². The number of aromatic nitrogens is 5. The molecule has 2 bridgehead atoms. The molecule has 226 valence electrons. The maximum absolute atomic E-state index is 16.0. The molecule has 3 fully saturated rings. The van der Waals surface area contributed by atoms with Crippen LogP contribution in [0.2, 0.25) is 0 Å². The van der Waals surface area contributed by atoms with Crippen LogP contribution in [0.1, 0.15) is 67.2 Å². The molecule has 7 rings (SSSR count). The average molecular weight is 608 g/mol. The van der Waals surface area contributed by atoms with Crippen molar-refractivity contribution < 1.29 is 22.0 Å². The molecule has 4 aromatic rings. The van der Waals surface area contributed by atoms with Crippen LogP contribution in [0.3, 0.4) is 0 Å². The van der Waals surface area contributed by atoms with E-state index in [1.807, 2.05) is 12.1 Å². The SMILES string of the molecule is Cc1nc(F)ccc1C(Nc1cc(C#N)c2ncc(C#N)c(NCC(C)(C)C(F)(F)F)c2c1)c1nnn(C23CC(C2)C3)c1F. The van der Waals surface area contributed by atoms with Crippen molar-refractivity contribution in [2.24, 2.45) is 11.3 Å². The van der Waals surface area contributed by atoms with Gasteiger partial charge < -0.3 is 10.6 Å². The average Bonchev–Trinajstić information content (AvgIpc) is 3.28. The van der Waals surface area contributed by atoms with Gasteiger partial charge in [-0.1, -0.05) is 11.3 Å². The molecule has 2 N–H and O–H groups in total. The Morgan fingerprint density at radius 3 is 2.39 bits per heavy atom. The van der Waals surface area contributed by atoms with E-state index in [2.05, 4.69) is 30.9 Å². The lowest BCUT2D eigenvalue weighted by Crippen LogP contribution is -2.60. The molecular formula is C30H26F5N9. The number of nitrogens with zero attached hydrogens (tertiary/aromatic N) is 7. The third kappa shape index (κ3) is 4.65. The van der Waals surface area contributed by atoms with Gasteiger partial charge in [0, 0.05) is 35.1 Å². The van der Waals surface area contributed by atoms with E-state index in [1.54, 1.807) is 6.92 Å². The first-order chi connectivity index (χ1) is 20.8. The first-order valence-electron chi connectivity index (χ1n) is 13.9. The number of halogens is 5. The van der Waals surface area contributed by atoms with Crippen LogP contribution >= 0.6 is 0 Å². The van der Waals surface area contributed by atoms with Crippen molar-refractivity contribution in [2.75, 3.05) is 17.2 Å². The molecule has 14 heteroatoms. The monoisotopic (exact) mass is 607 g/mol. The Morgan fingerprint density at radius 2 is 1.80 bits per heavy atom. The van der Waals surface area contributed by atoms with Crippen molar-refractivity contribution in [2.45, 2.75) is 57.8 Å². The topological polar surface area (TPSA) is 128 Å². The molecule has 1 atom stereocenters. The molecule has 3 heterocycles. The van der Waals surface area contributed by atoms with Gasteiger partial charge in [0.1, 0.15) is 23.9 Å². The summed E-state index contributed by atoms with van der Waals surface area (Å²) in [6, 6.07) is 8.48. The molecule has 0 aliphatic heterocycles. The van der Waals surface area contributed by atoms with E-state index < -0.39 is 41.6 Å². The highest BCUT2D eigenvalue weighted by atomic mass is 19.4. The molecule has 3 saturated carbocycles. The fourth-order valence-corrected chi connectivity index (χ4v) is 5.92. The Morgan fingerprint density at radius 1 is 1.09 bits per heavy atom. The maximum Gasteiger partial charge on any atom is 0.395 e. The fraction of sp³-hybridized carbons (Fsp3) is 0.400. The Labute approximate surface area is 248 Å². The first-order valence-corrected chi connectivity index (χ1v) is 13.9. The zero-order valence-electron chi connectivity index (χ0n) is 23.9. The normalized spacial score (nSPS) is 19.8. The summed E-state index contributed by atoms with van der Waals surface area (Å²) in [6.45, 7) is 3.05. The minimum absolute atomic E-state index is 0.0285. The summed E-state index contributed by atoms with van der Waals surface area (Å²) in [4.78, 5) is 8.11. The summed E-state index contributed by atoms with van der Waals surface area (Å²) in [7, 11) is 0. The lowest BCUT2D eigenvalue weighted by molar-refractivity contribution is -0.206. The predicted molar refractivity (Wildman–Crippen MR) is 149 cm³/mol. The molecule has 0 spiro atoms. The quantitative estimate of drug-likeness (QED) is 0.177. The number of hydrogen-bond donors (Lipinski definition) is 2. The van der Waals surface area contributed by atoms with Gasteiger partial charge in [-0.15, -0.1) is 5.10 Å². The van der Waals surface area contributed by atoms with Gasteiger partial charge in [0.25, 0.3) is 0 Å². The minimum atomic E-state index is -4.53. The van der Waals surface area contributed by atoms with E-state index in [9.17, 15) is 28.1 Å². The second-order valence-electron chi connectivity index (χ2n) is 12.2. The second kappa shape index (κ2) is 10.1. The molecule has 1 unspecified atom stereocenters. The number of benzene rings is 1. The summed E-state index contributed by atoms with van der Waals surface area (Å²) < 4.78 is 72.2. The number of anilines is 2. The fourth-order valence-electron chi connectivity index (χ4n) is 5.92. The van der Waals surface area contributed by atoms with Gasteiger partial charge in [0.2, 0.25) is 11.9 Å². The number of alkyl halides is 3. The molecule has 0 saturated heterocycles. The van der Waals surface area contributed by atoms with Crippen LogP contribution in [0.15, 0.2) is 30.5 Å². The van der Waals surface area contributed by atoms with Crippen LogP contribution < -0.4 is 10.6 Å². The number of nitrogens with one attached hydrogen (secondary N) is 2.